The molecule has 2 bridgehead atoms. The molecule has 2 unspecified atom stereocenters. The van der Waals surface area contributed by atoms with Gasteiger partial charge in [-0.2, -0.15) is 0 Å². The van der Waals surface area contributed by atoms with Crippen LogP contribution in [0.25, 0.3) is 16.8 Å². The monoisotopic (exact) mass is 732 g/mol. The third kappa shape index (κ3) is 6.99. The summed E-state index contributed by atoms with van der Waals surface area (Å²) in [5, 5.41) is 13.7. The highest BCUT2D eigenvalue weighted by molar-refractivity contribution is 6.68. The molecule has 3 aromatic rings. The number of aliphatic carboxylic acids is 1. The lowest BCUT2D eigenvalue weighted by molar-refractivity contribution is -0.137. The predicted molar refractivity (Wildman–Crippen MR) is 167 cm³/mol. The molecule has 1 N–H and O–H groups in total. The van der Waals surface area contributed by atoms with Crippen LogP contribution in [-0.2, 0) is 20.9 Å². The average molecular weight is 734 g/mol. The number of nitrogens with zero attached hydrogens (tertiary/aromatic N) is 4. The van der Waals surface area contributed by atoms with Crippen LogP contribution in [-0.4, -0.2) is 77.6 Å². The molecule has 250 valence electrons. The van der Waals surface area contributed by atoms with Crippen LogP contribution in [0.1, 0.15) is 38.5 Å². The maximum atomic E-state index is 14.3. The van der Waals surface area contributed by atoms with Gasteiger partial charge in [-0.05, 0) is 49.6 Å². The maximum Gasteiger partial charge on any atom is 0.411 e. The smallest absolute Gasteiger partial charge is 0.411 e. The van der Waals surface area contributed by atoms with Gasteiger partial charge in [0.15, 0.2) is 18.0 Å². The number of benzene rings is 1. The van der Waals surface area contributed by atoms with Crippen molar-refractivity contribution < 1.29 is 42.3 Å². The van der Waals surface area contributed by atoms with Gasteiger partial charge in [-0.3, -0.25) is 9.69 Å². The maximum absolute atomic E-state index is 14.3. The molecule has 5 rings (SSSR count). The molecule has 2 aliphatic heterocycles. The second-order valence-electron chi connectivity index (χ2n) is 11.3. The van der Waals surface area contributed by atoms with Gasteiger partial charge < -0.3 is 24.0 Å². The quantitative estimate of drug-likeness (QED) is 0.209. The molecule has 2 amide bonds. The van der Waals surface area contributed by atoms with Crippen LogP contribution in [0.5, 0.6) is 5.88 Å². The van der Waals surface area contributed by atoms with Crippen molar-refractivity contribution >= 4 is 69.9 Å². The molecule has 2 aromatic heterocycles. The van der Waals surface area contributed by atoms with Gasteiger partial charge in [0.1, 0.15) is 17.3 Å². The largest absolute Gasteiger partial charge is 0.478 e. The van der Waals surface area contributed by atoms with Crippen molar-refractivity contribution in [3.05, 3.63) is 70.1 Å². The van der Waals surface area contributed by atoms with Gasteiger partial charge in [-0.25, -0.2) is 23.4 Å². The Balaban J connectivity index is 1.38. The van der Waals surface area contributed by atoms with E-state index in [0.717, 1.165) is 12.1 Å². The second kappa shape index (κ2) is 13.1. The van der Waals surface area contributed by atoms with E-state index in [0.29, 0.717) is 11.1 Å². The van der Waals surface area contributed by atoms with Crippen molar-refractivity contribution in [2.75, 3.05) is 13.1 Å². The molecule has 0 saturated carbocycles. The minimum absolute atomic E-state index is 0.0259. The first-order chi connectivity index (χ1) is 22.0. The normalized spacial score (nSPS) is 18.3. The van der Waals surface area contributed by atoms with Gasteiger partial charge >= 0.3 is 12.1 Å². The first kappa shape index (κ1) is 34.7. The number of ether oxygens (including phenoxy) is 2. The van der Waals surface area contributed by atoms with Crippen LogP contribution in [0.15, 0.2) is 46.6 Å². The number of piperazine rings is 1. The summed E-state index contributed by atoms with van der Waals surface area (Å²) in [7, 11) is 0. The number of carboxylic acid groups (broad SMARTS) is 1. The zero-order valence-corrected chi connectivity index (χ0v) is 27.9. The topological polar surface area (TPSA) is 135 Å². The predicted octanol–water partition coefficient (Wildman–Crippen LogP) is 6.68. The molecular formula is C30H26Cl4F2N4O7. The van der Waals surface area contributed by atoms with E-state index in [2.05, 4.69) is 10.1 Å². The number of carbonyl (C=O) groups excluding carboxylic acids is 2. The molecule has 2 aliphatic rings. The van der Waals surface area contributed by atoms with Gasteiger partial charge in [0.2, 0.25) is 15.6 Å². The van der Waals surface area contributed by atoms with Crippen LogP contribution in [0.2, 0.25) is 5.02 Å². The first-order valence-corrected chi connectivity index (χ1v) is 15.5. The van der Waals surface area contributed by atoms with Gasteiger partial charge in [-0.15, -0.1) is 0 Å². The highest BCUT2D eigenvalue weighted by Crippen LogP contribution is 2.43. The SMILES string of the molecule is CC(=O)N1CC2CC(c3ccc(OCc4cc(-c5c(F)ccc(F)c5Cl)no4)nc3)=C(C(=O)O)C(C1)N2C(=O)OC(C)(C)C(Cl)(Cl)Cl. The Morgan fingerprint density at radius 1 is 1.11 bits per heavy atom. The molecule has 1 aromatic carbocycles. The van der Waals surface area contributed by atoms with Crippen molar-refractivity contribution in [3.8, 4) is 17.1 Å². The Bertz CT molecular complexity index is 1760. The number of hydrogen-bond acceptors (Lipinski definition) is 8. The van der Waals surface area contributed by atoms with Crippen LogP contribution < -0.4 is 4.74 Å². The number of hydrogen-bond donors (Lipinski definition) is 1. The van der Waals surface area contributed by atoms with Gasteiger partial charge in [-0.1, -0.05) is 51.6 Å². The molecule has 1 saturated heterocycles. The Labute approximate surface area is 286 Å². The number of aromatic nitrogens is 2. The molecule has 11 nitrogen and oxygen atoms in total. The summed E-state index contributed by atoms with van der Waals surface area (Å²) in [5.41, 5.74) is -1.10. The summed E-state index contributed by atoms with van der Waals surface area (Å²) < 4.78 is 42.5. The lowest BCUT2D eigenvalue weighted by Crippen LogP contribution is -2.65. The highest BCUT2D eigenvalue weighted by atomic mass is 35.6. The van der Waals surface area contributed by atoms with Gasteiger partial charge in [0.05, 0.1) is 28.2 Å². The molecule has 4 heterocycles. The number of carbonyl (C=O) groups is 3. The van der Waals surface area contributed by atoms with Crippen molar-refractivity contribution in [1.82, 2.24) is 19.9 Å². The summed E-state index contributed by atoms with van der Waals surface area (Å²) in [6.45, 7) is 4.02. The molecule has 47 heavy (non-hydrogen) atoms. The third-order valence-electron chi connectivity index (χ3n) is 7.87. The summed E-state index contributed by atoms with van der Waals surface area (Å²) in [4.78, 5) is 45.5. The lowest BCUT2D eigenvalue weighted by atomic mass is 9.82. The van der Waals surface area contributed by atoms with Crippen molar-refractivity contribution in [1.29, 1.82) is 0 Å². The molecule has 0 spiro atoms. The van der Waals surface area contributed by atoms with E-state index < -0.39 is 50.2 Å². The van der Waals surface area contributed by atoms with E-state index in [-0.39, 0.29) is 60.5 Å². The molecule has 2 atom stereocenters. The molecule has 0 radical (unpaired) electrons. The fourth-order valence-corrected chi connectivity index (χ4v) is 5.73. The van der Waals surface area contributed by atoms with Crippen molar-refractivity contribution in [2.24, 2.45) is 0 Å². The van der Waals surface area contributed by atoms with Crippen LogP contribution in [0.3, 0.4) is 0 Å². The number of pyridine rings is 1. The molecule has 1 fully saturated rings. The van der Waals surface area contributed by atoms with Crippen LogP contribution >= 0.6 is 46.4 Å². The van der Waals surface area contributed by atoms with E-state index in [4.69, 9.17) is 60.4 Å². The molecule has 17 heteroatoms. The number of carboxylic acids is 1. The Hall–Kier alpha value is -3.65. The Kier molecular flexibility index (Phi) is 9.66. The van der Waals surface area contributed by atoms with E-state index in [1.54, 1.807) is 6.07 Å². The van der Waals surface area contributed by atoms with E-state index in [9.17, 15) is 28.3 Å². The number of halogens is 6. The van der Waals surface area contributed by atoms with Gasteiger partial charge in [0, 0.05) is 38.3 Å². The summed E-state index contributed by atoms with van der Waals surface area (Å²) >= 11 is 23.9. The zero-order chi connectivity index (χ0) is 34.4. The van der Waals surface area contributed by atoms with E-state index in [1.807, 2.05) is 0 Å². The Morgan fingerprint density at radius 3 is 2.43 bits per heavy atom. The zero-order valence-electron chi connectivity index (χ0n) is 24.9. The third-order valence-corrected chi connectivity index (χ3v) is 9.60. The van der Waals surface area contributed by atoms with E-state index in [1.165, 1.54) is 48.9 Å². The Morgan fingerprint density at radius 2 is 1.81 bits per heavy atom. The summed E-state index contributed by atoms with van der Waals surface area (Å²) in [6, 6.07) is 4.53. The van der Waals surface area contributed by atoms with Gasteiger partial charge in [0.25, 0.3) is 0 Å². The van der Waals surface area contributed by atoms with Crippen LogP contribution in [0.4, 0.5) is 13.6 Å². The number of rotatable bonds is 7. The number of fused-ring (bicyclic) bond motifs is 2. The van der Waals surface area contributed by atoms with E-state index >= 15 is 0 Å². The fourth-order valence-electron chi connectivity index (χ4n) is 5.37. The number of alkyl halides is 3. The standard InChI is InChI=1S/C30H26Cl4F2N4O7/c1-14(41)39-11-16-8-18(24(27(42)43)22(12-39)40(16)28(44)46-29(2,3)30(32,33)34)15-4-7-23(37-10-15)45-13-17-9-21(38-47-17)25-19(35)5-6-20(36)26(25)31/h4-7,9-10,16,22H,8,11-13H2,1-3H3,(H,42,43). The fraction of sp³-hybridized carbons (Fsp3) is 0.367. The van der Waals surface area contributed by atoms with Crippen molar-refractivity contribution in [3.63, 3.8) is 0 Å². The second-order valence-corrected chi connectivity index (χ2v) is 14.0. The lowest BCUT2D eigenvalue weighted by Gasteiger charge is -2.50. The summed E-state index contributed by atoms with van der Waals surface area (Å²) in [5.74, 6) is -2.88. The minimum atomic E-state index is -1.98. The minimum Gasteiger partial charge on any atom is -0.478 e. The first-order valence-electron chi connectivity index (χ1n) is 14.0. The highest BCUT2D eigenvalue weighted by Gasteiger charge is 2.51. The average Bonchev–Trinajstić information content (AvgIpc) is 3.45. The number of amides is 2. The van der Waals surface area contributed by atoms with Crippen molar-refractivity contribution in [2.45, 2.75) is 55.3 Å². The molecule has 0 aliphatic carbocycles. The summed E-state index contributed by atoms with van der Waals surface area (Å²) in [6.07, 6.45) is 0.574. The van der Waals surface area contributed by atoms with Crippen LogP contribution in [0, 0.1) is 11.6 Å². The molecular weight excluding hydrogens is 708 g/mol.